The fourth-order valence-electron chi connectivity index (χ4n) is 10.9. The summed E-state index contributed by atoms with van der Waals surface area (Å²) in [6.45, 7) is 2.47. The van der Waals surface area contributed by atoms with Crippen LogP contribution in [0.15, 0.2) is 206 Å². The Morgan fingerprint density at radius 1 is 0.603 bits per heavy atom. The van der Waals surface area contributed by atoms with Crippen LogP contribution < -0.4 is 10.2 Å². The zero-order valence-electron chi connectivity index (χ0n) is 35.6. The largest absolute Gasteiger partial charge is 0.374 e. The summed E-state index contributed by atoms with van der Waals surface area (Å²) in [4.78, 5) is 2.60. The number of nitrogens with one attached hydrogen (secondary N) is 1. The highest BCUT2D eigenvalue weighted by Gasteiger charge is 2.48. The van der Waals surface area contributed by atoms with Gasteiger partial charge in [0.15, 0.2) is 0 Å². The monoisotopic (exact) mass is 811 g/mol. The SMILES string of the molecule is CC12CCC=CC1N(c1ccccc1)c1c(-c3ccc(-n4c5c(c6cc(-c7ccc(C8=CC(c9ccccc9)=CC(c9ccccc9)N8)cc7)ccc64)CCC=C5)cc3)cccc12. The van der Waals surface area contributed by atoms with Crippen LogP contribution >= 0.6 is 0 Å². The number of aryl methyl sites for hydroxylation is 1. The average molecular weight is 812 g/mol. The van der Waals surface area contributed by atoms with Gasteiger partial charge in [0.25, 0.3) is 0 Å². The van der Waals surface area contributed by atoms with Crippen molar-refractivity contribution in [2.45, 2.75) is 50.1 Å². The lowest BCUT2D eigenvalue weighted by molar-refractivity contribution is 0.401. The summed E-state index contributed by atoms with van der Waals surface area (Å²) in [5, 5.41) is 5.17. The Morgan fingerprint density at radius 3 is 2.11 bits per heavy atom. The second kappa shape index (κ2) is 15.2. The molecule has 0 radical (unpaired) electrons. The first kappa shape index (κ1) is 37.4. The van der Waals surface area contributed by atoms with Crippen molar-refractivity contribution in [3.05, 3.63) is 240 Å². The third-order valence-electron chi connectivity index (χ3n) is 14.1. The zero-order valence-corrected chi connectivity index (χ0v) is 35.6. The predicted molar refractivity (Wildman–Crippen MR) is 264 cm³/mol. The quantitative estimate of drug-likeness (QED) is 0.162. The van der Waals surface area contributed by atoms with Crippen LogP contribution in [0, 0.1) is 0 Å². The van der Waals surface area contributed by atoms with Crippen molar-refractivity contribution in [3.63, 3.8) is 0 Å². The van der Waals surface area contributed by atoms with Crippen molar-refractivity contribution in [1.29, 1.82) is 0 Å². The molecule has 0 bridgehead atoms. The summed E-state index contributed by atoms with van der Waals surface area (Å²) in [5.74, 6) is 0. The third kappa shape index (κ3) is 6.33. The molecule has 0 spiro atoms. The number of hydrogen-bond acceptors (Lipinski definition) is 2. The van der Waals surface area contributed by atoms with E-state index in [4.69, 9.17) is 0 Å². The topological polar surface area (TPSA) is 20.2 Å². The molecule has 1 N–H and O–H groups in total. The first-order valence-corrected chi connectivity index (χ1v) is 22.6. The molecule has 2 aliphatic carbocycles. The van der Waals surface area contributed by atoms with Crippen molar-refractivity contribution < 1.29 is 0 Å². The van der Waals surface area contributed by atoms with E-state index in [-0.39, 0.29) is 11.5 Å². The maximum absolute atomic E-state index is 3.84. The molecule has 304 valence electrons. The van der Waals surface area contributed by atoms with E-state index in [9.17, 15) is 0 Å². The number of rotatable bonds is 7. The van der Waals surface area contributed by atoms with Gasteiger partial charge in [-0.3, -0.25) is 0 Å². The molecule has 1 aromatic heterocycles. The van der Waals surface area contributed by atoms with Crippen LogP contribution in [0.4, 0.5) is 11.4 Å². The van der Waals surface area contributed by atoms with Gasteiger partial charge >= 0.3 is 0 Å². The van der Waals surface area contributed by atoms with E-state index in [0.29, 0.717) is 6.04 Å². The minimum atomic E-state index is 0.0622. The van der Waals surface area contributed by atoms with Gasteiger partial charge in [-0.25, -0.2) is 0 Å². The Kier molecular flexibility index (Phi) is 9.04. The fourth-order valence-corrected chi connectivity index (χ4v) is 10.9. The molecule has 0 amide bonds. The highest BCUT2D eigenvalue weighted by atomic mass is 15.2. The number of anilines is 2. The first-order valence-electron chi connectivity index (χ1n) is 22.6. The maximum atomic E-state index is 3.84. The van der Waals surface area contributed by atoms with E-state index < -0.39 is 0 Å². The molecule has 3 atom stereocenters. The Hall–Kier alpha value is -7.36. The predicted octanol–water partition coefficient (Wildman–Crippen LogP) is 14.8. The number of dihydropyridines is 1. The van der Waals surface area contributed by atoms with Gasteiger partial charge < -0.3 is 14.8 Å². The molecule has 0 fully saturated rings. The lowest BCUT2D eigenvalue weighted by atomic mass is 9.72. The van der Waals surface area contributed by atoms with E-state index in [2.05, 4.69) is 234 Å². The zero-order chi connectivity index (χ0) is 41.9. The Bertz CT molecular complexity index is 3130. The Labute approximate surface area is 370 Å². The molecule has 12 rings (SSSR count). The van der Waals surface area contributed by atoms with E-state index in [1.807, 2.05) is 0 Å². The molecular formula is C60H49N3. The van der Waals surface area contributed by atoms with Gasteiger partial charge in [-0.2, -0.15) is 0 Å². The molecule has 0 saturated carbocycles. The van der Waals surface area contributed by atoms with Crippen LogP contribution in [0.2, 0.25) is 0 Å². The summed E-state index contributed by atoms with van der Waals surface area (Å²) >= 11 is 0. The van der Waals surface area contributed by atoms with E-state index >= 15 is 0 Å². The number of nitrogens with zero attached hydrogens (tertiary/aromatic N) is 2. The van der Waals surface area contributed by atoms with E-state index in [1.54, 1.807) is 0 Å². The summed E-state index contributed by atoms with van der Waals surface area (Å²) in [6, 6.07) is 65.2. The van der Waals surface area contributed by atoms with Gasteiger partial charge in [-0.15, -0.1) is 0 Å². The van der Waals surface area contributed by atoms with Crippen molar-refractivity contribution in [2.75, 3.05) is 4.90 Å². The Balaban J connectivity index is 0.879. The van der Waals surface area contributed by atoms with Crippen LogP contribution in [-0.2, 0) is 11.8 Å². The minimum absolute atomic E-state index is 0.0622. The van der Waals surface area contributed by atoms with Crippen molar-refractivity contribution >= 4 is 39.6 Å². The molecule has 0 saturated heterocycles. The van der Waals surface area contributed by atoms with Crippen LogP contribution in [0.1, 0.15) is 65.7 Å². The summed E-state index contributed by atoms with van der Waals surface area (Å²) in [7, 11) is 0. The second-order valence-corrected chi connectivity index (χ2v) is 17.8. The summed E-state index contributed by atoms with van der Waals surface area (Å²) < 4.78 is 2.48. The van der Waals surface area contributed by atoms with Gasteiger partial charge in [-0.05, 0) is 130 Å². The van der Waals surface area contributed by atoms with Crippen LogP contribution in [0.5, 0.6) is 0 Å². The van der Waals surface area contributed by atoms with Crippen molar-refractivity contribution in [3.8, 4) is 27.9 Å². The molecule has 3 nitrogen and oxygen atoms in total. The molecular weight excluding hydrogens is 763 g/mol. The summed E-state index contributed by atoms with van der Waals surface area (Å²) in [5.41, 5.74) is 20.3. The highest BCUT2D eigenvalue weighted by molar-refractivity contribution is 5.95. The van der Waals surface area contributed by atoms with E-state index in [0.717, 1.165) is 31.4 Å². The number of para-hydroxylation sites is 2. The van der Waals surface area contributed by atoms with Crippen LogP contribution in [-0.4, -0.2) is 10.6 Å². The molecule has 7 aromatic carbocycles. The van der Waals surface area contributed by atoms with Crippen molar-refractivity contribution in [2.24, 2.45) is 0 Å². The number of benzene rings is 7. The summed E-state index contributed by atoms with van der Waals surface area (Å²) in [6.07, 6.45) is 18.5. The number of aromatic nitrogens is 1. The molecule has 63 heavy (non-hydrogen) atoms. The molecule has 2 aliphatic heterocycles. The van der Waals surface area contributed by atoms with Crippen LogP contribution in [0.25, 0.3) is 56.2 Å². The first-order chi connectivity index (χ1) is 31.1. The van der Waals surface area contributed by atoms with Crippen LogP contribution in [0.3, 0.4) is 0 Å². The average Bonchev–Trinajstić information content (AvgIpc) is 3.84. The van der Waals surface area contributed by atoms with Crippen molar-refractivity contribution in [1.82, 2.24) is 9.88 Å². The van der Waals surface area contributed by atoms with Gasteiger partial charge in [0.1, 0.15) is 0 Å². The molecule has 8 aromatic rings. The maximum Gasteiger partial charge on any atom is 0.0707 e. The van der Waals surface area contributed by atoms with Gasteiger partial charge in [0, 0.05) is 39.1 Å². The lowest BCUT2D eigenvalue weighted by Crippen LogP contribution is -2.41. The number of hydrogen-bond donors (Lipinski definition) is 1. The highest BCUT2D eigenvalue weighted by Crippen LogP contribution is 2.56. The molecule has 3 unspecified atom stereocenters. The fraction of sp³-hybridized carbons (Fsp3) is 0.133. The second-order valence-electron chi connectivity index (χ2n) is 17.8. The third-order valence-corrected chi connectivity index (χ3v) is 14.1. The van der Waals surface area contributed by atoms with Gasteiger partial charge in [0.05, 0.1) is 23.3 Å². The molecule has 3 heteroatoms. The normalized spacial score (nSPS) is 19.8. The number of fused-ring (bicyclic) bond motifs is 6. The minimum Gasteiger partial charge on any atom is -0.374 e. The lowest BCUT2D eigenvalue weighted by Gasteiger charge is -2.37. The Morgan fingerprint density at radius 2 is 1.32 bits per heavy atom. The van der Waals surface area contributed by atoms with E-state index in [1.165, 1.54) is 89.3 Å². The molecule has 3 heterocycles. The number of allylic oxidation sites excluding steroid dienone is 4. The standard InChI is InChI=1S/C60H49N3/c1-60-37-14-13-26-58(60)63(48-20-9-4-10-21-48)59-50(23-15-24-53(59)60)43-31-34-49(35-32-43)62-56-25-12-11-22-51(56)52-38-46(33-36-57(52)62)42-27-29-45(30-28-42)55-40-47(41-16-5-2-6-17-41)39-54(61-55)44-18-7-3-8-19-44/h2-10,12-13,15-21,23-36,38-40,54,58,61H,11,14,22,37H2,1H3. The molecule has 4 aliphatic rings. The van der Waals surface area contributed by atoms with Gasteiger partial charge in [0.2, 0.25) is 0 Å². The smallest absolute Gasteiger partial charge is 0.0707 e. The van der Waals surface area contributed by atoms with Gasteiger partial charge in [-0.1, -0.05) is 165 Å².